The van der Waals surface area contributed by atoms with E-state index >= 15 is 0 Å². The normalized spacial score (nSPS) is 13.4. The van der Waals surface area contributed by atoms with Crippen molar-refractivity contribution in [1.82, 2.24) is 9.80 Å². The third kappa shape index (κ3) is 8.19. The quantitative estimate of drug-likeness (QED) is 0.802. The molecule has 5 nitrogen and oxygen atoms in total. The van der Waals surface area contributed by atoms with Crippen LogP contribution in [0, 0.1) is 0 Å². The number of aromatic hydroxyl groups is 1. The summed E-state index contributed by atoms with van der Waals surface area (Å²) in [6, 6.07) is 4.41. The molecular weight excluding hydrogens is 389 g/mol. The molecule has 0 unspecified atom stereocenters. The first kappa shape index (κ1) is 22.4. The number of phenols is 1. The smallest absolute Gasteiger partial charge is 0.242 e. The Hall–Kier alpha value is -1.60. The lowest BCUT2D eigenvalue weighted by atomic mass is 10.3. The fourth-order valence-corrected chi connectivity index (χ4v) is 2.56. The van der Waals surface area contributed by atoms with Gasteiger partial charge in [-0.15, -0.1) is 0 Å². The lowest BCUT2D eigenvalue weighted by Gasteiger charge is -2.21. The highest BCUT2D eigenvalue weighted by Crippen LogP contribution is 2.25. The maximum atomic E-state index is 11.9. The highest BCUT2D eigenvalue weighted by molar-refractivity contribution is 6.42. The summed E-state index contributed by atoms with van der Waals surface area (Å²) in [7, 11) is 1.47. The minimum Gasteiger partial charge on any atom is -0.508 e. The molecule has 0 aromatic heterocycles. The Balaban J connectivity index is 0.000000314. The van der Waals surface area contributed by atoms with Crippen LogP contribution < -0.4 is 0 Å². The van der Waals surface area contributed by atoms with Crippen molar-refractivity contribution in [3.63, 3.8) is 0 Å². The van der Waals surface area contributed by atoms with E-state index in [-0.39, 0.29) is 24.6 Å². The third-order valence-electron chi connectivity index (χ3n) is 3.74. The van der Waals surface area contributed by atoms with Crippen molar-refractivity contribution in [3.8, 4) is 5.75 Å². The van der Waals surface area contributed by atoms with Crippen LogP contribution in [0.1, 0.15) is 25.7 Å². The zero-order valence-corrected chi connectivity index (χ0v) is 15.9. The van der Waals surface area contributed by atoms with Gasteiger partial charge in [-0.25, -0.2) is 8.78 Å². The molecule has 26 heavy (non-hydrogen) atoms. The maximum absolute atomic E-state index is 11.9. The number of alkyl halides is 2. The van der Waals surface area contributed by atoms with Crippen LogP contribution in [0.15, 0.2) is 18.2 Å². The molecule has 1 aromatic rings. The summed E-state index contributed by atoms with van der Waals surface area (Å²) in [5.74, 6) is -0.377. The van der Waals surface area contributed by atoms with Gasteiger partial charge >= 0.3 is 0 Å². The Bertz CT molecular complexity index is 612. The van der Waals surface area contributed by atoms with Gasteiger partial charge < -0.3 is 14.9 Å². The summed E-state index contributed by atoms with van der Waals surface area (Å²) >= 11 is 11.1. The number of hydrogen-bond acceptors (Lipinski definition) is 3. The van der Waals surface area contributed by atoms with Crippen molar-refractivity contribution >= 4 is 35.0 Å². The molecule has 2 rings (SSSR count). The maximum Gasteiger partial charge on any atom is 0.242 e. The molecule has 1 fully saturated rings. The van der Waals surface area contributed by atoms with E-state index in [0.29, 0.717) is 10.0 Å². The molecule has 1 N–H and O–H groups in total. The predicted molar refractivity (Wildman–Crippen MR) is 96.8 cm³/mol. The second kappa shape index (κ2) is 11.2. The van der Waals surface area contributed by atoms with Gasteiger partial charge in [0.25, 0.3) is 0 Å². The van der Waals surface area contributed by atoms with Gasteiger partial charge in [-0.2, -0.15) is 0 Å². The van der Waals surface area contributed by atoms with Gasteiger partial charge in [-0.3, -0.25) is 9.59 Å². The Morgan fingerprint density at radius 2 is 1.85 bits per heavy atom. The van der Waals surface area contributed by atoms with E-state index in [0.717, 1.165) is 25.9 Å². The summed E-state index contributed by atoms with van der Waals surface area (Å²) in [5.41, 5.74) is 0. The molecule has 1 heterocycles. The van der Waals surface area contributed by atoms with Crippen molar-refractivity contribution in [2.75, 3.05) is 26.7 Å². The Morgan fingerprint density at radius 3 is 2.35 bits per heavy atom. The van der Waals surface area contributed by atoms with Crippen molar-refractivity contribution in [2.45, 2.75) is 32.1 Å². The minimum absolute atomic E-state index is 0.0118. The van der Waals surface area contributed by atoms with E-state index in [4.69, 9.17) is 28.3 Å². The molecule has 1 aromatic carbocycles. The van der Waals surface area contributed by atoms with Gasteiger partial charge in [-0.1, -0.05) is 23.2 Å². The minimum atomic E-state index is -2.47. The van der Waals surface area contributed by atoms with E-state index in [1.54, 1.807) is 11.0 Å². The summed E-state index contributed by atoms with van der Waals surface area (Å²) in [4.78, 5) is 26.0. The van der Waals surface area contributed by atoms with Crippen molar-refractivity contribution < 1.29 is 23.5 Å². The van der Waals surface area contributed by atoms with E-state index in [2.05, 4.69) is 0 Å². The average molecular weight is 411 g/mol. The zero-order chi connectivity index (χ0) is 19.7. The molecule has 0 aliphatic carbocycles. The molecule has 1 saturated heterocycles. The van der Waals surface area contributed by atoms with Crippen LogP contribution in [0.2, 0.25) is 10.0 Å². The van der Waals surface area contributed by atoms with Crippen LogP contribution in [0.25, 0.3) is 0 Å². The number of halogens is 4. The second-order valence-corrected chi connectivity index (χ2v) is 6.68. The molecule has 0 saturated carbocycles. The molecule has 146 valence electrons. The number of likely N-dealkylation sites (N-methyl/N-ethyl adjacent to an activating group) is 1. The summed E-state index contributed by atoms with van der Waals surface area (Å²) < 4.78 is 23.8. The second-order valence-electron chi connectivity index (χ2n) is 5.87. The molecule has 0 radical (unpaired) electrons. The molecule has 2 amide bonds. The van der Waals surface area contributed by atoms with Crippen LogP contribution >= 0.6 is 23.2 Å². The molecule has 0 spiro atoms. The topological polar surface area (TPSA) is 60.9 Å². The highest BCUT2D eigenvalue weighted by atomic mass is 35.5. The summed E-state index contributed by atoms with van der Waals surface area (Å²) in [5, 5.41) is 9.62. The standard InChI is InChI=1S/C11H18F2N2O2.C6H4Cl2O/c1-14(10(16)5-4-9(12)13)8-11(17)15-6-2-3-7-15;7-5-2-1-4(9)3-6(5)8/h9H,2-8H2,1H3;1-3,9H. The number of phenolic OH excluding ortho intramolecular Hbond substituents is 1. The Morgan fingerprint density at radius 1 is 1.23 bits per heavy atom. The molecule has 0 atom stereocenters. The number of benzene rings is 1. The summed E-state index contributed by atoms with van der Waals surface area (Å²) in [6.07, 6.45) is -1.13. The van der Waals surface area contributed by atoms with E-state index < -0.39 is 18.8 Å². The van der Waals surface area contributed by atoms with Crippen molar-refractivity contribution in [3.05, 3.63) is 28.2 Å². The van der Waals surface area contributed by atoms with E-state index in [1.165, 1.54) is 24.1 Å². The fourth-order valence-electron chi connectivity index (χ4n) is 2.27. The monoisotopic (exact) mass is 410 g/mol. The molecule has 0 bridgehead atoms. The molecular formula is C17H22Cl2F2N2O3. The number of amides is 2. The van der Waals surface area contributed by atoms with Crippen LogP contribution in [0.3, 0.4) is 0 Å². The van der Waals surface area contributed by atoms with Crippen LogP contribution in [0.4, 0.5) is 8.78 Å². The fraction of sp³-hybridized carbons (Fsp3) is 0.529. The number of hydrogen-bond donors (Lipinski definition) is 1. The Labute approximate surface area is 161 Å². The van der Waals surface area contributed by atoms with Gasteiger partial charge in [0, 0.05) is 33.0 Å². The number of rotatable bonds is 5. The third-order valence-corrected chi connectivity index (χ3v) is 4.48. The highest BCUT2D eigenvalue weighted by Gasteiger charge is 2.21. The molecule has 1 aliphatic heterocycles. The first-order valence-corrected chi connectivity index (χ1v) is 8.90. The van der Waals surface area contributed by atoms with E-state index in [9.17, 15) is 18.4 Å². The van der Waals surface area contributed by atoms with Crippen molar-refractivity contribution in [2.24, 2.45) is 0 Å². The first-order valence-electron chi connectivity index (χ1n) is 8.14. The largest absolute Gasteiger partial charge is 0.508 e. The van der Waals surface area contributed by atoms with Crippen LogP contribution in [-0.2, 0) is 9.59 Å². The van der Waals surface area contributed by atoms with Gasteiger partial charge in [0.1, 0.15) is 5.75 Å². The van der Waals surface area contributed by atoms with Gasteiger partial charge in [-0.05, 0) is 31.0 Å². The van der Waals surface area contributed by atoms with Crippen LogP contribution in [0.5, 0.6) is 5.75 Å². The molecule has 9 heteroatoms. The molecule has 1 aliphatic rings. The average Bonchev–Trinajstić information content (AvgIpc) is 3.11. The lowest BCUT2D eigenvalue weighted by molar-refractivity contribution is -0.139. The Kier molecular flexibility index (Phi) is 9.65. The number of carbonyl (C=O) groups is 2. The lowest BCUT2D eigenvalue weighted by Crippen LogP contribution is -2.39. The van der Waals surface area contributed by atoms with Crippen molar-refractivity contribution in [1.29, 1.82) is 0 Å². The van der Waals surface area contributed by atoms with Gasteiger partial charge in [0.05, 0.1) is 16.6 Å². The summed E-state index contributed by atoms with van der Waals surface area (Å²) in [6.45, 7) is 1.46. The number of carbonyl (C=O) groups excluding carboxylic acids is 2. The number of likely N-dealkylation sites (tertiary alicyclic amines) is 1. The zero-order valence-electron chi connectivity index (χ0n) is 14.4. The van der Waals surface area contributed by atoms with E-state index in [1.807, 2.05) is 0 Å². The SMILES string of the molecule is CN(CC(=O)N1CCCC1)C(=O)CCC(F)F.Oc1ccc(Cl)c(Cl)c1. The predicted octanol–water partition coefficient (Wildman–Crippen LogP) is 3.81. The van der Waals surface area contributed by atoms with Crippen LogP contribution in [-0.4, -0.2) is 59.8 Å². The van der Waals surface area contributed by atoms with Gasteiger partial charge in [0.15, 0.2) is 0 Å². The number of nitrogens with zero attached hydrogens (tertiary/aromatic N) is 2. The first-order chi connectivity index (χ1) is 12.2. The van der Waals surface area contributed by atoms with Gasteiger partial charge in [0.2, 0.25) is 18.2 Å².